The minimum absolute atomic E-state index is 0.181. The van der Waals surface area contributed by atoms with Crippen molar-refractivity contribution in [3.05, 3.63) is 113 Å². The molecule has 8 bridgehead atoms. The van der Waals surface area contributed by atoms with Crippen LogP contribution in [0.4, 0.5) is 23.2 Å². The van der Waals surface area contributed by atoms with Crippen LogP contribution in [-0.4, -0.2) is 33.4 Å². The number of carbonyl (C=O) groups excluding carboxylic acids is 1. The van der Waals surface area contributed by atoms with Crippen LogP contribution >= 0.6 is 0 Å². The number of fused-ring (bicyclic) bond motifs is 8. The first-order valence-corrected chi connectivity index (χ1v) is 13.5. The molecule has 3 aromatic heterocycles. The number of carbonyl (C=O) groups is 1. The third-order valence-electron chi connectivity index (χ3n) is 7.48. The third-order valence-corrected chi connectivity index (χ3v) is 7.48. The van der Waals surface area contributed by atoms with Crippen molar-refractivity contribution in [3.8, 4) is 22.3 Å². The van der Waals surface area contributed by atoms with Gasteiger partial charge in [0.05, 0.1) is 45.1 Å². The van der Waals surface area contributed by atoms with E-state index >= 15 is 17.6 Å². The van der Waals surface area contributed by atoms with Crippen molar-refractivity contribution in [1.29, 1.82) is 0 Å². The van der Waals surface area contributed by atoms with Crippen LogP contribution in [0.1, 0.15) is 22.8 Å². The number of anilines is 1. The Morgan fingerprint density at radius 2 is 1.14 bits per heavy atom. The molecule has 7 rings (SSSR count). The fraction of sp³-hybridized carbons (Fsp3) is 0.0294. The molecule has 2 aliphatic rings. The lowest BCUT2D eigenvalue weighted by atomic mass is 10.0. The molecule has 44 heavy (non-hydrogen) atoms. The van der Waals surface area contributed by atoms with E-state index in [1.807, 2.05) is 0 Å². The van der Waals surface area contributed by atoms with E-state index in [9.17, 15) is 4.79 Å². The van der Waals surface area contributed by atoms with Crippen LogP contribution in [0.2, 0.25) is 0 Å². The number of aromatic amines is 2. The summed E-state index contributed by atoms with van der Waals surface area (Å²) in [6.07, 6.45) is 7.17. The summed E-state index contributed by atoms with van der Waals surface area (Å²) in [5.41, 5.74) is 3.18. The van der Waals surface area contributed by atoms with Gasteiger partial charge in [-0.2, -0.15) is 0 Å². The summed E-state index contributed by atoms with van der Waals surface area (Å²) in [6, 6.07) is 15.7. The van der Waals surface area contributed by atoms with Crippen LogP contribution in [0.5, 0.6) is 0 Å². The number of benzene rings is 2. The maximum atomic E-state index is 15.2. The second-order valence-electron chi connectivity index (χ2n) is 10.2. The van der Waals surface area contributed by atoms with Crippen LogP contribution in [-0.2, 0) is 4.79 Å². The molecule has 5 aromatic rings. The number of H-pyrrole nitrogens is 2. The third kappa shape index (κ3) is 4.48. The Hall–Kier alpha value is -5.77. The summed E-state index contributed by atoms with van der Waals surface area (Å²) in [5.74, 6) is -3.08. The molecule has 0 saturated carbocycles. The van der Waals surface area contributed by atoms with E-state index in [1.54, 1.807) is 54.6 Å². The highest BCUT2D eigenvalue weighted by Crippen LogP contribution is 2.37. The number of nitrogens with one attached hydrogen (secondary N) is 2. The summed E-state index contributed by atoms with van der Waals surface area (Å²) in [7, 11) is 1.52. The smallest absolute Gasteiger partial charge is 0.213 e. The second-order valence-corrected chi connectivity index (χ2v) is 10.2. The lowest BCUT2D eigenvalue weighted by Gasteiger charge is -2.12. The molecular weight excluding hydrogens is 570 g/mol. The van der Waals surface area contributed by atoms with Gasteiger partial charge in [-0.25, -0.2) is 27.5 Å². The molecule has 0 aliphatic carbocycles. The summed E-state index contributed by atoms with van der Waals surface area (Å²) in [4.78, 5) is 29.1. The first kappa shape index (κ1) is 27.1. The molecule has 0 radical (unpaired) electrons. The van der Waals surface area contributed by atoms with E-state index in [-0.39, 0.29) is 27.9 Å². The molecule has 0 saturated heterocycles. The predicted molar refractivity (Wildman–Crippen MR) is 164 cm³/mol. The number of hydrogen-bond donors (Lipinski definition) is 2. The zero-order valence-electron chi connectivity index (χ0n) is 23.0. The van der Waals surface area contributed by atoms with Crippen molar-refractivity contribution in [3.63, 3.8) is 0 Å². The first-order valence-electron chi connectivity index (χ1n) is 13.5. The molecule has 2 aromatic carbocycles. The second kappa shape index (κ2) is 10.5. The summed E-state index contributed by atoms with van der Waals surface area (Å²) < 4.78 is 60.8. The monoisotopic (exact) mass is 591 g/mol. The van der Waals surface area contributed by atoms with Crippen molar-refractivity contribution in [2.24, 2.45) is 0 Å². The Morgan fingerprint density at radius 3 is 1.77 bits per heavy atom. The van der Waals surface area contributed by atoms with Crippen LogP contribution in [0.25, 0.3) is 68.6 Å². The van der Waals surface area contributed by atoms with Gasteiger partial charge in [-0.15, -0.1) is 0 Å². The van der Waals surface area contributed by atoms with Crippen LogP contribution in [0.3, 0.4) is 0 Å². The number of hydrogen-bond acceptors (Lipinski definition) is 3. The van der Waals surface area contributed by atoms with Crippen LogP contribution < -0.4 is 4.90 Å². The molecule has 6 nitrogen and oxygen atoms in total. The Balaban J connectivity index is 1.67. The molecule has 216 valence electrons. The van der Waals surface area contributed by atoms with E-state index in [1.165, 1.54) is 48.3 Å². The number of rotatable bonds is 4. The average Bonchev–Trinajstić information content (AvgIpc) is 3.82. The minimum atomic E-state index is -0.770. The van der Waals surface area contributed by atoms with E-state index in [0.29, 0.717) is 51.2 Å². The Morgan fingerprint density at radius 1 is 0.614 bits per heavy atom. The molecule has 2 N–H and O–H groups in total. The highest BCUT2D eigenvalue weighted by molar-refractivity contribution is 5.98. The van der Waals surface area contributed by atoms with Crippen molar-refractivity contribution in [2.45, 2.75) is 0 Å². The van der Waals surface area contributed by atoms with Crippen molar-refractivity contribution >= 4 is 58.5 Å². The number of halogens is 4. The predicted octanol–water partition coefficient (Wildman–Crippen LogP) is 8.14. The Labute approximate surface area is 247 Å². The van der Waals surface area contributed by atoms with Crippen molar-refractivity contribution < 1.29 is 22.4 Å². The summed E-state index contributed by atoms with van der Waals surface area (Å²) in [6.45, 7) is 0. The Bertz CT molecular complexity index is 2140. The maximum Gasteiger partial charge on any atom is 0.213 e. The van der Waals surface area contributed by atoms with Gasteiger partial charge in [0.25, 0.3) is 0 Å². The largest absolute Gasteiger partial charge is 0.355 e. The summed E-state index contributed by atoms with van der Waals surface area (Å²) in [5, 5.41) is 0. The molecule has 0 atom stereocenters. The number of aromatic nitrogens is 4. The normalized spacial score (nSPS) is 12.1. The van der Waals surface area contributed by atoms with Crippen molar-refractivity contribution in [2.75, 3.05) is 11.9 Å². The highest BCUT2D eigenvalue weighted by atomic mass is 19.1. The van der Waals surface area contributed by atoms with E-state index in [4.69, 9.17) is 4.98 Å². The van der Waals surface area contributed by atoms with E-state index in [2.05, 4.69) is 15.0 Å². The average molecular weight is 592 g/mol. The molecule has 2 aliphatic heterocycles. The van der Waals surface area contributed by atoms with E-state index < -0.39 is 23.3 Å². The number of nitrogens with zero attached hydrogens (tertiary/aromatic N) is 3. The fourth-order valence-electron chi connectivity index (χ4n) is 5.55. The van der Waals surface area contributed by atoms with Gasteiger partial charge in [0, 0.05) is 34.7 Å². The molecule has 0 spiro atoms. The highest BCUT2D eigenvalue weighted by Gasteiger charge is 2.22. The van der Waals surface area contributed by atoms with Gasteiger partial charge >= 0.3 is 0 Å². The SMILES string of the molecule is CN(C=O)c1c2nc(c(-c3c(F)cccc3F)c3ccc(cc4nc(c(-c5c(F)cccc5F)c5ccc1[nH]5)C=C4)[nH]3)C=C2. The molecular formula is C34H21F4N5O. The van der Waals surface area contributed by atoms with Gasteiger partial charge in [0.15, 0.2) is 0 Å². The standard InChI is InChI=1S/C34H21F4N5O/c1-43(17-44)34-28-14-12-26(41-28)32(30-20(35)4-2-5-21(30)36)24-10-8-18(39-24)16-19-9-11-25(40-19)33(27-13-15-29(34)42-27)31-22(37)6-3-7-23(31)38/h2-17,39,42H,1H3. The molecule has 0 fully saturated rings. The van der Waals surface area contributed by atoms with Gasteiger partial charge in [0.2, 0.25) is 6.41 Å². The zero-order chi connectivity index (χ0) is 30.5. The quantitative estimate of drug-likeness (QED) is 0.160. The van der Waals surface area contributed by atoms with Crippen molar-refractivity contribution in [1.82, 2.24) is 19.9 Å². The van der Waals surface area contributed by atoms with Gasteiger partial charge in [0.1, 0.15) is 23.3 Å². The van der Waals surface area contributed by atoms with Gasteiger partial charge in [-0.3, -0.25) is 4.79 Å². The van der Waals surface area contributed by atoms with Gasteiger partial charge in [-0.1, -0.05) is 12.1 Å². The van der Waals surface area contributed by atoms with Crippen LogP contribution in [0.15, 0.2) is 66.7 Å². The molecule has 10 heteroatoms. The van der Waals surface area contributed by atoms with Gasteiger partial charge < -0.3 is 14.9 Å². The minimum Gasteiger partial charge on any atom is -0.355 e. The summed E-state index contributed by atoms with van der Waals surface area (Å²) >= 11 is 0. The van der Waals surface area contributed by atoms with E-state index in [0.717, 1.165) is 0 Å². The first-order chi connectivity index (χ1) is 21.3. The lowest BCUT2D eigenvalue weighted by molar-refractivity contribution is -0.107. The molecule has 5 heterocycles. The molecule has 0 unspecified atom stereocenters. The maximum absolute atomic E-state index is 15.2. The van der Waals surface area contributed by atoms with Gasteiger partial charge in [-0.05, 0) is 78.9 Å². The topological polar surface area (TPSA) is 77.7 Å². The number of amides is 1. The lowest BCUT2D eigenvalue weighted by Crippen LogP contribution is -2.15. The molecule has 1 amide bonds. The fourth-order valence-corrected chi connectivity index (χ4v) is 5.55. The zero-order valence-corrected chi connectivity index (χ0v) is 23.0. The Kier molecular flexibility index (Phi) is 6.46. The van der Waals surface area contributed by atoms with Crippen LogP contribution in [0, 0.1) is 23.3 Å².